The highest BCUT2D eigenvalue weighted by molar-refractivity contribution is 5.81. The maximum atomic E-state index is 5.78. The molecule has 2 rings (SSSR count). The van der Waals surface area contributed by atoms with Crippen LogP contribution in [0.15, 0.2) is 24.3 Å². The highest BCUT2D eigenvalue weighted by Crippen LogP contribution is 2.23. The summed E-state index contributed by atoms with van der Waals surface area (Å²) in [5.41, 5.74) is 5.13. The fourth-order valence-electron chi connectivity index (χ4n) is 2.46. The molecule has 1 unspecified atom stereocenters. The molecule has 1 aromatic carbocycles. The molecule has 0 saturated heterocycles. The van der Waals surface area contributed by atoms with Crippen molar-refractivity contribution >= 4 is 10.9 Å². The number of aryl methyl sites for hydroxylation is 1. The molecule has 5 heteroatoms. The zero-order chi connectivity index (χ0) is 14.9. The van der Waals surface area contributed by atoms with Crippen LogP contribution in [0.1, 0.15) is 19.5 Å². The van der Waals surface area contributed by atoms with Gasteiger partial charge < -0.3 is 4.90 Å². The van der Waals surface area contributed by atoms with E-state index in [-0.39, 0.29) is 11.6 Å². The van der Waals surface area contributed by atoms with E-state index < -0.39 is 0 Å². The number of hydrogen-bond acceptors (Lipinski definition) is 4. The zero-order valence-corrected chi connectivity index (χ0v) is 13.0. The van der Waals surface area contributed by atoms with Crippen molar-refractivity contribution in [1.82, 2.24) is 20.1 Å². The average Bonchev–Trinajstić information content (AvgIpc) is 2.73. The molecule has 1 aromatic heterocycles. The lowest BCUT2D eigenvalue weighted by Gasteiger charge is -2.39. The van der Waals surface area contributed by atoms with Crippen molar-refractivity contribution < 1.29 is 0 Å². The first-order chi connectivity index (χ1) is 9.37. The summed E-state index contributed by atoms with van der Waals surface area (Å²) < 4.78 is 1.93. The highest BCUT2D eigenvalue weighted by atomic mass is 15.3. The Hall–Kier alpha value is -1.43. The molecule has 0 bridgehead atoms. The van der Waals surface area contributed by atoms with Crippen LogP contribution in [0.2, 0.25) is 0 Å². The monoisotopic (exact) mass is 275 g/mol. The van der Waals surface area contributed by atoms with Crippen LogP contribution in [0.5, 0.6) is 0 Å². The number of hydrogen-bond donors (Lipinski definition) is 2. The quantitative estimate of drug-likeness (QED) is 0.637. The molecule has 0 saturated carbocycles. The van der Waals surface area contributed by atoms with Gasteiger partial charge in [-0.15, -0.1) is 0 Å². The molecular weight excluding hydrogens is 250 g/mol. The summed E-state index contributed by atoms with van der Waals surface area (Å²) in [6.45, 7) is 4.37. The minimum absolute atomic E-state index is 0.0621. The van der Waals surface area contributed by atoms with Crippen LogP contribution in [0, 0.1) is 0 Å². The van der Waals surface area contributed by atoms with Gasteiger partial charge >= 0.3 is 0 Å². The highest BCUT2D eigenvalue weighted by Gasteiger charge is 2.32. The Kier molecular flexibility index (Phi) is 4.13. The Bertz CT molecular complexity index is 585. The van der Waals surface area contributed by atoms with Crippen molar-refractivity contribution in [3.8, 4) is 0 Å². The van der Waals surface area contributed by atoms with Crippen molar-refractivity contribution in [2.45, 2.75) is 31.8 Å². The maximum Gasteiger partial charge on any atom is 0.0720 e. The molecule has 20 heavy (non-hydrogen) atoms. The molecule has 0 aliphatic heterocycles. The Morgan fingerprint density at radius 3 is 2.60 bits per heavy atom. The molecule has 0 fully saturated rings. The fourth-order valence-corrected chi connectivity index (χ4v) is 2.46. The van der Waals surface area contributed by atoms with Crippen LogP contribution in [-0.4, -0.2) is 40.4 Å². The minimum atomic E-state index is -0.0621. The normalized spacial score (nSPS) is 14.2. The number of nitrogens with two attached hydrogens (primary N) is 1. The molecule has 2 aromatic rings. The average molecular weight is 275 g/mol. The van der Waals surface area contributed by atoms with Crippen LogP contribution in [0.4, 0.5) is 0 Å². The molecule has 0 radical (unpaired) electrons. The molecule has 0 spiro atoms. The SMILES string of the molecule is CN(C)C(C)(C)C(Cc1nn(C)c2ccccc12)NN. The van der Waals surface area contributed by atoms with Crippen LogP contribution >= 0.6 is 0 Å². The second kappa shape index (κ2) is 5.52. The third-order valence-electron chi connectivity index (χ3n) is 4.44. The third kappa shape index (κ3) is 2.57. The summed E-state index contributed by atoms with van der Waals surface area (Å²) in [4.78, 5) is 2.18. The first-order valence-corrected chi connectivity index (χ1v) is 6.92. The predicted octanol–water partition coefficient (Wildman–Crippen LogP) is 1.29. The Balaban J connectivity index is 2.36. The number of aromatic nitrogens is 2. The Labute approximate surface area is 120 Å². The number of hydrazine groups is 1. The lowest BCUT2D eigenvalue weighted by atomic mass is 9.89. The second-order valence-electron chi connectivity index (χ2n) is 6.06. The topological polar surface area (TPSA) is 59.1 Å². The first kappa shape index (κ1) is 15.0. The van der Waals surface area contributed by atoms with Crippen molar-refractivity contribution in [3.05, 3.63) is 30.0 Å². The molecule has 1 heterocycles. The molecular formula is C15H25N5. The van der Waals surface area contributed by atoms with Crippen LogP contribution in [0.3, 0.4) is 0 Å². The molecule has 3 N–H and O–H groups in total. The molecule has 5 nitrogen and oxygen atoms in total. The van der Waals surface area contributed by atoms with Crippen LogP contribution in [0.25, 0.3) is 10.9 Å². The van der Waals surface area contributed by atoms with Gasteiger partial charge in [-0.3, -0.25) is 16.0 Å². The van der Waals surface area contributed by atoms with Gasteiger partial charge in [0.1, 0.15) is 0 Å². The van der Waals surface area contributed by atoms with Gasteiger partial charge in [0.05, 0.1) is 11.2 Å². The predicted molar refractivity (Wildman–Crippen MR) is 83.3 cm³/mol. The van der Waals surface area contributed by atoms with Gasteiger partial charge in [0, 0.05) is 30.4 Å². The summed E-state index contributed by atoms with van der Waals surface area (Å²) >= 11 is 0. The molecule has 1 atom stereocenters. The summed E-state index contributed by atoms with van der Waals surface area (Å²) in [5.74, 6) is 5.78. The largest absolute Gasteiger partial charge is 0.303 e. The van der Waals surface area contributed by atoms with Crippen molar-refractivity contribution in [3.63, 3.8) is 0 Å². The van der Waals surface area contributed by atoms with Crippen molar-refractivity contribution in [2.75, 3.05) is 14.1 Å². The second-order valence-corrected chi connectivity index (χ2v) is 6.06. The summed E-state index contributed by atoms with van der Waals surface area (Å²) in [7, 11) is 6.12. The number of likely N-dealkylation sites (N-methyl/N-ethyl adjacent to an activating group) is 1. The molecule has 0 aliphatic rings. The van der Waals surface area contributed by atoms with Crippen molar-refractivity contribution in [2.24, 2.45) is 12.9 Å². The number of rotatable bonds is 5. The van der Waals surface area contributed by atoms with E-state index in [9.17, 15) is 0 Å². The smallest absolute Gasteiger partial charge is 0.0720 e. The van der Waals surface area contributed by atoms with E-state index in [1.165, 1.54) is 5.39 Å². The Morgan fingerprint density at radius 2 is 2.00 bits per heavy atom. The number of fused-ring (bicyclic) bond motifs is 1. The van der Waals surface area contributed by atoms with Gasteiger partial charge in [-0.1, -0.05) is 18.2 Å². The van der Waals surface area contributed by atoms with Gasteiger partial charge in [-0.2, -0.15) is 5.10 Å². The van der Waals surface area contributed by atoms with E-state index in [1.807, 2.05) is 17.8 Å². The van der Waals surface area contributed by atoms with E-state index in [0.717, 1.165) is 17.6 Å². The summed E-state index contributed by atoms with van der Waals surface area (Å²) in [6, 6.07) is 8.42. The van der Waals surface area contributed by atoms with E-state index in [1.54, 1.807) is 0 Å². The summed E-state index contributed by atoms with van der Waals surface area (Å²) in [6.07, 6.45) is 0.795. The number of benzene rings is 1. The van der Waals surface area contributed by atoms with E-state index in [0.29, 0.717) is 0 Å². The van der Waals surface area contributed by atoms with E-state index >= 15 is 0 Å². The molecule has 0 amide bonds. The van der Waals surface area contributed by atoms with Gasteiger partial charge in [-0.25, -0.2) is 0 Å². The third-order valence-corrected chi connectivity index (χ3v) is 4.44. The lowest BCUT2D eigenvalue weighted by Crippen LogP contribution is -2.58. The number of nitrogens with zero attached hydrogens (tertiary/aromatic N) is 3. The standard InChI is InChI=1S/C15H25N5/c1-15(2,19(3)4)14(17-16)10-12-11-8-6-7-9-13(11)20(5)18-12/h6-9,14,17H,10,16H2,1-5H3. The minimum Gasteiger partial charge on any atom is -0.303 e. The number of nitrogens with one attached hydrogen (secondary N) is 1. The van der Waals surface area contributed by atoms with Crippen molar-refractivity contribution in [1.29, 1.82) is 0 Å². The van der Waals surface area contributed by atoms with Gasteiger partial charge in [0.25, 0.3) is 0 Å². The summed E-state index contributed by atoms with van der Waals surface area (Å²) in [5, 5.41) is 5.85. The van der Waals surface area contributed by atoms with Crippen LogP contribution in [-0.2, 0) is 13.5 Å². The van der Waals surface area contributed by atoms with E-state index in [2.05, 4.69) is 61.6 Å². The fraction of sp³-hybridized carbons (Fsp3) is 0.533. The van der Waals surface area contributed by atoms with Gasteiger partial charge in [0.15, 0.2) is 0 Å². The number of para-hydroxylation sites is 1. The van der Waals surface area contributed by atoms with Gasteiger partial charge in [-0.05, 0) is 34.0 Å². The van der Waals surface area contributed by atoms with Gasteiger partial charge in [0.2, 0.25) is 0 Å². The van der Waals surface area contributed by atoms with Crippen LogP contribution < -0.4 is 11.3 Å². The first-order valence-electron chi connectivity index (χ1n) is 6.92. The maximum absolute atomic E-state index is 5.78. The van der Waals surface area contributed by atoms with E-state index in [4.69, 9.17) is 5.84 Å². The lowest BCUT2D eigenvalue weighted by molar-refractivity contribution is 0.137. The zero-order valence-electron chi connectivity index (χ0n) is 13.0. The Morgan fingerprint density at radius 1 is 1.35 bits per heavy atom. The molecule has 0 aliphatic carbocycles. The molecule has 110 valence electrons.